The van der Waals surface area contributed by atoms with E-state index in [0.717, 1.165) is 17.4 Å². The number of hydrogen-bond acceptors (Lipinski definition) is 9. The molecule has 0 aliphatic heterocycles. The van der Waals surface area contributed by atoms with Gasteiger partial charge in [-0.15, -0.1) is 11.3 Å². The zero-order valence-electron chi connectivity index (χ0n) is 15.2. The number of thiophene rings is 1. The number of nitro benzene ring substituents is 1. The number of benzene rings is 1. The Kier molecular flexibility index (Phi) is 7.30. The minimum Gasteiger partial charge on any atom is -0.456 e. The Morgan fingerprint density at radius 2 is 1.97 bits per heavy atom. The van der Waals surface area contributed by atoms with E-state index in [1.165, 1.54) is 29.2 Å². The summed E-state index contributed by atoms with van der Waals surface area (Å²) in [5.41, 5.74) is -0.179. The van der Waals surface area contributed by atoms with Crippen molar-refractivity contribution in [3.8, 4) is 0 Å². The lowest BCUT2D eigenvalue weighted by molar-refractivity contribution is -0.384. The molecule has 0 unspecified atom stereocenters. The lowest BCUT2D eigenvalue weighted by atomic mass is 10.2. The maximum Gasteiger partial charge on any atom is 0.321 e. The molecule has 0 aliphatic carbocycles. The van der Waals surface area contributed by atoms with E-state index in [-0.39, 0.29) is 10.6 Å². The van der Waals surface area contributed by atoms with Crippen LogP contribution in [0.3, 0.4) is 0 Å². The van der Waals surface area contributed by atoms with Gasteiger partial charge in [-0.05, 0) is 24.3 Å². The van der Waals surface area contributed by atoms with Crippen molar-refractivity contribution in [2.24, 2.45) is 0 Å². The van der Waals surface area contributed by atoms with Gasteiger partial charge in [-0.25, -0.2) is 8.42 Å². The number of rotatable bonds is 9. The molecule has 0 fully saturated rings. The van der Waals surface area contributed by atoms with Crippen LogP contribution in [0.1, 0.15) is 9.67 Å². The zero-order chi connectivity index (χ0) is 21.8. The molecular formula is C16H16ClN3O7S2. The van der Waals surface area contributed by atoms with Crippen LogP contribution in [0, 0.1) is 10.1 Å². The van der Waals surface area contributed by atoms with Crippen LogP contribution in [-0.2, 0) is 19.6 Å². The van der Waals surface area contributed by atoms with E-state index in [0.29, 0.717) is 9.21 Å². The molecule has 0 atom stereocenters. The van der Waals surface area contributed by atoms with E-state index in [1.54, 1.807) is 14.1 Å². The van der Waals surface area contributed by atoms with Crippen LogP contribution in [-0.4, -0.2) is 52.3 Å². The van der Waals surface area contributed by atoms with Gasteiger partial charge in [-0.1, -0.05) is 11.6 Å². The van der Waals surface area contributed by atoms with E-state index in [1.807, 2.05) is 4.72 Å². The van der Waals surface area contributed by atoms with Gasteiger partial charge in [0.25, 0.3) is 5.69 Å². The standard InChI is InChI=1S/C16H16ClN3O7S2/c1-19(2)11-4-3-10(7-12(11)20(23)24)29(25,26)18-8-16(22)27-9-13(21)14-5-6-15(17)28-14/h3-7,18H,8-9H2,1-2H3. The summed E-state index contributed by atoms with van der Waals surface area (Å²) in [7, 11) is -1.06. The normalized spacial score (nSPS) is 11.1. The molecular weight excluding hydrogens is 446 g/mol. The van der Waals surface area contributed by atoms with Crippen molar-refractivity contribution in [1.82, 2.24) is 4.72 Å². The van der Waals surface area contributed by atoms with Crippen LogP contribution in [0.2, 0.25) is 4.34 Å². The van der Waals surface area contributed by atoms with Crippen molar-refractivity contribution < 1.29 is 27.7 Å². The molecule has 2 aromatic rings. The van der Waals surface area contributed by atoms with E-state index in [9.17, 15) is 28.1 Å². The van der Waals surface area contributed by atoms with Crippen LogP contribution in [0.5, 0.6) is 0 Å². The van der Waals surface area contributed by atoms with Gasteiger partial charge in [0.1, 0.15) is 12.2 Å². The second-order valence-corrected chi connectivity index (χ2v) is 9.30. The summed E-state index contributed by atoms with van der Waals surface area (Å²) in [5.74, 6) is -1.46. The highest BCUT2D eigenvalue weighted by Crippen LogP contribution is 2.29. The summed E-state index contributed by atoms with van der Waals surface area (Å²) < 4.78 is 31.8. The van der Waals surface area contributed by atoms with Gasteiger partial charge in [0.05, 0.1) is 19.0 Å². The highest BCUT2D eigenvalue weighted by Gasteiger charge is 2.23. The fourth-order valence-corrected chi connectivity index (χ4v) is 4.12. The number of nitro groups is 1. The number of hydrogen-bond donors (Lipinski definition) is 1. The Labute approximate surface area is 175 Å². The van der Waals surface area contributed by atoms with Gasteiger partial charge in [-0.2, -0.15) is 4.72 Å². The zero-order valence-corrected chi connectivity index (χ0v) is 17.6. The van der Waals surface area contributed by atoms with Gasteiger partial charge in [0, 0.05) is 20.2 Å². The Bertz CT molecular complexity index is 1050. The molecule has 0 aliphatic rings. The first-order chi connectivity index (χ1) is 13.5. The number of Topliss-reactive ketones (excluding diaryl/α,β-unsaturated/α-hetero) is 1. The van der Waals surface area contributed by atoms with Gasteiger partial charge < -0.3 is 9.64 Å². The third-order valence-electron chi connectivity index (χ3n) is 3.55. The molecule has 0 amide bonds. The van der Waals surface area contributed by atoms with Crippen molar-refractivity contribution >= 4 is 56.1 Å². The molecule has 29 heavy (non-hydrogen) atoms. The average molecular weight is 462 g/mol. The Balaban J connectivity index is 2.00. The van der Waals surface area contributed by atoms with Crippen LogP contribution >= 0.6 is 22.9 Å². The maximum absolute atomic E-state index is 12.3. The SMILES string of the molecule is CN(C)c1ccc(S(=O)(=O)NCC(=O)OCC(=O)c2ccc(Cl)s2)cc1[N+](=O)[O-]. The first-order valence-electron chi connectivity index (χ1n) is 7.91. The molecule has 13 heteroatoms. The number of nitrogens with one attached hydrogen (secondary N) is 1. The van der Waals surface area contributed by atoms with Crippen molar-refractivity contribution in [3.63, 3.8) is 0 Å². The third kappa shape index (κ3) is 5.97. The Morgan fingerprint density at radius 3 is 2.52 bits per heavy atom. The Morgan fingerprint density at radius 1 is 1.28 bits per heavy atom. The van der Waals surface area contributed by atoms with Crippen molar-refractivity contribution in [2.45, 2.75) is 4.90 Å². The minimum absolute atomic E-state index is 0.223. The number of carbonyl (C=O) groups is 2. The molecule has 1 aromatic heterocycles. The molecule has 1 N–H and O–H groups in total. The first kappa shape index (κ1) is 22.7. The molecule has 2 rings (SSSR count). The summed E-state index contributed by atoms with van der Waals surface area (Å²) in [4.78, 5) is 35.5. The third-order valence-corrected chi connectivity index (χ3v) is 6.23. The number of halogens is 1. The fraction of sp³-hybridized carbons (Fsp3) is 0.250. The van der Waals surface area contributed by atoms with Crippen molar-refractivity contribution in [1.29, 1.82) is 0 Å². The number of esters is 1. The smallest absolute Gasteiger partial charge is 0.321 e. The number of carbonyl (C=O) groups excluding carboxylic acids is 2. The number of sulfonamides is 1. The Hall–Kier alpha value is -2.54. The molecule has 156 valence electrons. The van der Waals surface area contributed by atoms with Gasteiger partial charge in [-0.3, -0.25) is 19.7 Å². The molecule has 1 heterocycles. The van der Waals surface area contributed by atoms with Gasteiger partial charge >= 0.3 is 5.97 Å². The van der Waals surface area contributed by atoms with Crippen molar-refractivity contribution in [2.75, 3.05) is 32.1 Å². The van der Waals surface area contributed by atoms with Crippen LogP contribution in [0.25, 0.3) is 0 Å². The molecule has 0 saturated heterocycles. The summed E-state index contributed by atoms with van der Waals surface area (Å²) in [6.45, 7) is -1.32. The summed E-state index contributed by atoms with van der Waals surface area (Å²) in [6.07, 6.45) is 0. The van der Waals surface area contributed by atoms with E-state index in [4.69, 9.17) is 16.3 Å². The topological polar surface area (TPSA) is 136 Å². The maximum atomic E-state index is 12.3. The quantitative estimate of drug-likeness (QED) is 0.259. The molecule has 0 bridgehead atoms. The van der Waals surface area contributed by atoms with Gasteiger partial charge in [0.15, 0.2) is 6.61 Å². The van der Waals surface area contributed by atoms with E-state index in [2.05, 4.69) is 0 Å². The molecule has 0 saturated carbocycles. The first-order valence-corrected chi connectivity index (χ1v) is 10.6. The fourth-order valence-electron chi connectivity index (χ4n) is 2.16. The summed E-state index contributed by atoms with van der Waals surface area (Å²) >= 11 is 6.74. The summed E-state index contributed by atoms with van der Waals surface area (Å²) in [5, 5.41) is 11.2. The van der Waals surface area contributed by atoms with Crippen LogP contribution in [0.4, 0.5) is 11.4 Å². The highest BCUT2D eigenvalue weighted by atomic mass is 35.5. The largest absolute Gasteiger partial charge is 0.456 e. The number of ether oxygens (including phenoxy) is 1. The lowest BCUT2D eigenvalue weighted by Crippen LogP contribution is -2.31. The molecule has 0 spiro atoms. The van der Waals surface area contributed by atoms with E-state index < -0.39 is 45.5 Å². The molecule has 1 aromatic carbocycles. The summed E-state index contributed by atoms with van der Waals surface area (Å²) in [6, 6.07) is 6.37. The number of anilines is 1. The molecule has 0 radical (unpaired) electrons. The van der Waals surface area contributed by atoms with Crippen molar-refractivity contribution in [3.05, 3.63) is 49.7 Å². The molecule has 10 nitrogen and oxygen atoms in total. The average Bonchev–Trinajstić information content (AvgIpc) is 3.10. The predicted octanol–water partition coefficient (Wildman–Crippen LogP) is 2.08. The van der Waals surface area contributed by atoms with Crippen LogP contribution in [0.15, 0.2) is 35.2 Å². The second-order valence-electron chi connectivity index (χ2n) is 5.81. The van der Waals surface area contributed by atoms with E-state index >= 15 is 0 Å². The number of ketones is 1. The lowest BCUT2D eigenvalue weighted by Gasteiger charge is -2.13. The van der Waals surface area contributed by atoms with Gasteiger partial charge in [0.2, 0.25) is 15.8 Å². The predicted molar refractivity (Wildman–Crippen MR) is 107 cm³/mol. The van der Waals surface area contributed by atoms with Crippen LogP contribution < -0.4 is 9.62 Å². The minimum atomic E-state index is -4.22. The number of nitrogens with zero attached hydrogens (tertiary/aromatic N) is 2. The second kappa shape index (κ2) is 9.31. The monoisotopic (exact) mass is 461 g/mol. The highest BCUT2D eigenvalue weighted by molar-refractivity contribution is 7.89.